The molecule has 0 aliphatic heterocycles. The second-order valence-electron chi connectivity index (χ2n) is 7.94. The Morgan fingerprint density at radius 2 is 2.05 bits per heavy atom. The Morgan fingerprint density at radius 3 is 2.62 bits per heavy atom. The molecule has 2 N–H and O–H groups in total. The highest BCUT2D eigenvalue weighted by Gasteiger charge is 2.59. The van der Waals surface area contributed by atoms with Crippen LogP contribution in [0.1, 0.15) is 58.6 Å². The molecule has 0 heterocycles. The van der Waals surface area contributed by atoms with E-state index in [4.69, 9.17) is 0 Å². The molecule has 0 spiro atoms. The van der Waals surface area contributed by atoms with Crippen LogP contribution in [0.15, 0.2) is 18.2 Å². The number of hydrogen-bond donors (Lipinski definition) is 2. The van der Waals surface area contributed by atoms with E-state index in [1.54, 1.807) is 12.1 Å². The molecule has 2 nitrogen and oxygen atoms in total. The van der Waals surface area contributed by atoms with Gasteiger partial charge in [-0.2, -0.15) is 0 Å². The Bertz CT molecular complexity index is 551. The molecule has 0 saturated heterocycles. The lowest BCUT2D eigenvalue weighted by atomic mass is 9.68. The maximum atomic E-state index is 14.1. The van der Waals surface area contributed by atoms with Crippen LogP contribution in [-0.2, 0) is 0 Å². The summed E-state index contributed by atoms with van der Waals surface area (Å²) in [7, 11) is 0. The topological polar surface area (TPSA) is 32.3 Å². The van der Waals surface area contributed by atoms with Crippen LogP contribution in [0.2, 0.25) is 0 Å². The minimum atomic E-state index is -0.332. The van der Waals surface area contributed by atoms with Crippen LogP contribution in [0.25, 0.3) is 0 Å². The third-order valence-electron chi connectivity index (χ3n) is 6.14. The molecule has 2 bridgehead atoms. The second kappa shape index (κ2) is 4.70. The standard InChI is InChI=1S/C18H26FNO/c1-11(14-6-5-13(21)9-15(14)19)20-16-17(2,3)12-7-8-18(16,4)10-12/h5-6,9,11-12,16,20-21H,7-8,10H2,1-4H3. The van der Waals surface area contributed by atoms with Crippen molar-refractivity contribution < 1.29 is 9.50 Å². The fourth-order valence-corrected chi connectivity index (χ4v) is 4.92. The summed E-state index contributed by atoms with van der Waals surface area (Å²) in [6, 6.07) is 4.80. The van der Waals surface area contributed by atoms with Gasteiger partial charge in [0.05, 0.1) is 0 Å². The van der Waals surface area contributed by atoms with Gasteiger partial charge in [-0.05, 0) is 49.0 Å². The molecule has 0 aromatic heterocycles. The van der Waals surface area contributed by atoms with Gasteiger partial charge in [0.2, 0.25) is 0 Å². The summed E-state index contributed by atoms with van der Waals surface area (Å²) in [4.78, 5) is 0. The van der Waals surface area contributed by atoms with Crippen molar-refractivity contribution in [3.8, 4) is 5.75 Å². The van der Waals surface area contributed by atoms with E-state index in [1.165, 1.54) is 25.3 Å². The van der Waals surface area contributed by atoms with Crippen molar-refractivity contribution in [3.63, 3.8) is 0 Å². The van der Waals surface area contributed by atoms with Crippen LogP contribution in [-0.4, -0.2) is 11.1 Å². The maximum Gasteiger partial charge on any atom is 0.131 e. The smallest absolute Gasteiger partial charge is 0.131 e. The van der Waals surface area contributed by atoms with Gasteiger partial charge in [-0.1, -0.05) is 26.8 Å². The molecule has 0 amide bonds. The molecule has 1 aromatic rings. The molecule has 2 saturated carbocycles. The molecule has 116 valence electrons. The zero-order valence-corrected chi connectivity index (χ0v) is 13.4. The Kier molecular flexibility index (Phi) is 3.32. The van der Waals surface area contributed by atoms with Gasteiger partial charge in [-0.25, -0.2) is 4.39 Å². The van der Waals surface area contributed by atoms with Crippen LogP contribution < -0.4 is 5.32 Å². The lowest BCUT2D eigenvalue weighted by molar-refractivity contribution is 0.0998. The predicted molar refractivity (Wildman–Crippen MR) is 82.6 cm³/mol. The highest BCUT2D eigenvalue weighted by atomic mass is 19.1. The Hall–Kier alpha value is -1.09. The van der Waals surface area contributed by atoms with Gasteiger partial charge in [-0.3, -0.25) is 0 Å². The van der Waals surface area contributed by atoms with Crippen molar-refractivity contribution in [2.75, 3.05) is 0 Å². The molecule has 2 aliphatic carbocycles. The Labute approximate surface area is 126 Å². The maximum absolute atomic E-state index is 14.1. The number of nitrogens with one attached hydrogen (secondary N) is 1. The zero-order valence-electron chi connectivity index (χ0n) is 13.4. The second-order valence-corrected chi connectivity index (χ2v) is 7.94. The summed E-state index contributed by atoms with van der Waals surface area (Å²) < 4.78 is 14.1. The predicted octanol–water partition coefficient (Wildman–Crippen LogP) is 4.40. The number of aromatic hydroxyl groups is 1. The number of phenols is 1. The molecule has 1 aromatic carbocycles. The third-order valence-corrected chi connectivity index (χ3v) is 6.14. The number of rotatable bonds is 3. The van der Waals surface area contributed by atoms with E-state index < -0.39 is 0 Å². The van der Waals surface area contributed by atoms with Crippen molar-refractivity contribution in [1.82, 2.24) is 5.32 Å². The van der Waals surface area contributed by atoms with Crippen LogP contribution in [0.5, 0.6) is 5.75 Å². The lowest BCUT2D eigenvalue weighted by Crippen LogP contribution is -2.51. The molecule has 2 fully saturated rings. The Balaban J connectivity index is 1.83. The zero-order chi connectivity index (χ0) is 15.4. The van der Waals surface area contributed by atoms with Gasteiger partial charge < -0.3 is 10.4 Å². The fourth-order valence-electron chi connectivity index (χ4n) is 4.92. The molecule has 4 unspecified atom stereocenters. The van der Waals surface area contributed by atoms with E-state index >= 15 is 0 Å². The monoisotopic (exact) mass is 291 g/mol. The van der Waals surface area contributed by atoms with Gasteiger partial charge >= 0.3 is 0 Å². The summed E-state index contributed by atoms with van der Waals surface area (Å²) in [5.41, 5.74) is 1.22. The number of hydrogen-bond acceptors (Lipinski definition) is 2. The average molecular weight is 291 g/mol. The van der Waals surface area contributed by atoms with Crippen LogP contribution >= 0.6 is 0 Å². The summed E-state index contributed by atoms with van der Waals surface area (Å²) >= 11 is 0. The quantitative estimate of drug-likeness (QED) is 0.865. The first-order valence-electron chi connectivity index (χ1n) is 7.98. The Morgan fingerprint density at radius 1 is 1.33 bits per heavy atom. The minimum absolute atomic E-state index is 0.0179. The number of benzene rings is 1. The number of halogens is 1. The van der Waals surface area contributed by atoms with Crippen molar-refractivity contribution in [2.24, 2.45) is 16.7 Å². The summed E-state index contributed by atoms with van der Waals surface area (Å²) in [6.45, 7) is 9.08. The van der Waals surface area contributed by atoms with E-state index in [-0.39, 0.29) is 23.0 Å². The summed E-state index contributed by atoms with van der Waals surface area (Å²) in [5.74, 6) is 0.425. The molecular formula is C18H26FNO. The highest BCUT2D eigenvalue weighted by Crippen LogP contribution is 2.62. The van der Waals surface area contributed by atoms with Crippen molar-refractivity contribution >= 4 is 0 Å². The first-order valence-corrected chi connectivity index (χ1v) is 7.98. The summed E-state index contributed by atoms with van der Waals surface area (Å²) in [6.07, 6.45) is 3.87. The van der Waals surface area contributed by atoms with E-state index in [2.05, 4.69) is 26.1 Å². The first kappa shape index (κ1) is 14.8. The SMILES string of the molecule is CC(NC1C2(C)CCC(C2)C1(C)C)c1ccc(O)cc1F. The van der Waals surface area contributed by atoms with Crippen LogP contribution in [0, 0.1) is 22.6 Å². The molecule has 3 heteroatoms. The van der Waals surface area contributed by atoms with Gasteiger partial charge in [-0.15, -0.1) is 0 Å². The van der Waals surface area contributed by atoms with Gasteiger partial charge in [0, 0.05) is 23.7 Å². The van der Waals surface area contributed by atoms with E-state index in [1.807, 2.05) is 6.92 Å². The molecule has 2 aliphatic rings. The molecular weight excluding hydrogens is 265 g/mol. The van der Waals surface area contributed by atoms with Gasteiger partial charge in [0.1, 0.15) is 11.6 Å². The minimum Gasteiger partial charge on any atom is -0.508 e. The van der Waals surface area contributed by atoms with E-state index in [0.717, 1.165) is 5.92 Å². The largest absolute Gasteiger partial charge is 0.508 e. The molecule has 4 atom stereocenters. The molecule has 21 heavy (non-hydrogen) atoms. The van der Waals surface area contributed by atoms with Crippen LogP contribution in [0.4, 0.5) is 4.39 Å². The van der Waals surface area contributed by atoms with E-state index in [9.17, 15) is 9.50 Å². The lowest BCUT2D eigenvalue weighted by Gasteiger charge is -2.44. The molecule has 3 rings (SSSR count). The fraction of sp³-hybridized carbons (Fsp3) is 0.667. The van der Waals surface area contributed by atoms with Gasteiger partial charge in [0.15, 0.2) is 0 Å². The summed E-state index contributed by atoms with van der Waals surface area (Å²) in [5, 5.41) is 13.0. The number of phenolic OH excluding ortho intramolecular Hbond substituents is 1. The highest BCUT2D eigenvalue weighted by molar-refractivity contribution is 5.30. The molecule has 0 radical (unpaired) electrons. The van der Waals surface area contributed by atoms with E-state index in [0.29, 0.717) is 17.0 Å². The van der Waals surface area contributed by atoms with Gasteiger partial charge in [0.25, 0.3) is 0 Å². The first-order chi connectivity index (χ1) is 9.74. The average Bonchev–Trinajstić information content (AvgIpc) is 2.85. The van der Waals surface area contributed by atoms with Crippen LogP contribution in [0.3, 0.4) is 0 Å². The van der Waals surface area contributed by atoms with Crippen molar-refractivity contribution in [2.45, 2.75) is 59.0 Å². The van der Waals surface area contributed by atoms with Crippen molar-refractivity contribution in [1.29, 1.82) is 0 Å². The normalized spacial score (nSPS) is 35.1. The third kappa shape index (κ3) is 2.26. The number of fused-ring (bicyclic) bond motifs is 2. The van der Waals surface area contributed by atoms with Crippen molar-refractivity contribution in [3.05, 3.63) is 29.6 Å².